The average Bonchev–Trinajstić information content (AvgIpc) is 2.94. The number of hydrogen-bond donors (Lipinski definition) is 3. The van der Waals surface area contributed by atoms with Gasteiger partial charge in [-0.2, -0.15) is 0 Å². The number of carbonyl (C=O) groups excluding carboxylic acids is 2. The van der Waals surface area contributed by atoms with Gasteiger partial charge in [-0.25, -0.2) is 9.78 Å². The second-order valence-corrected chi connectivity index (χ2v) is 5.49. The lowest BCUT2D eigenvalue weighted by Crippen LogP contribution is -2.45. The van der Waals surface area contributed by atoms with Crippen LogP contribution in [0.3, 0.4) is 0 Å². The number of ether oxygens (including phenoxy) is 1. The van der Waals surface area contributed by atoms with E-state index in [9.17, 15) is 9.59 Å². The van der Waals surface area contributed by atoms with Crippen LogP contribution >= 0.6 is 0 Å². The Morgan fingerprint density at radius 1 is 1.35 bits per heavy atom. The highest BCUT2D eigenvalue weighted by molar-refractivity contribution is 5.85. The molecule has 0 unspecified atom stereocenters. The van der Waals surface area contributed by atoms with Crippen LogP contribution in [0.25, 0.3) is 11.0 Å². The first kappa shape index (κ1) is 16.8. The molecular weight excluding hydrogens is 296 g/mol. The molecule has 3 N–H and O–H groups in total. The second kappa shape index (κ2) is 7.13. The number of fused-ring (bicyclic) bond motifs is 1. The standard InChI is InChI=1S/C16H22N4O3/c1-9-5-6-12-14(10(9)2)20-13(19-12)7-8-17-15(21)11(3)18-16(22)23-4/h5-6,11H,7-8H2,1-4H3,(H,17,21)(H,18,22)(H,19,20)/t11-/m1/s1. The highest BCUT2D eigenvalue weighted by Crippen LogP contribution is 2.19. The summed E-state index contributed by atoms with van der Waals surface area (Å²) in [5.41, 5.74) is 4.32. The molecule has 1 heterocycles. The first-order chi connectivity index (χ1) is 10.9. The maximum atomic E-state index is 11.8. The molecule has 0 saturated heterocycles. The first-order valence-corrected chi connectivity index (χ1v) is 7.49. The van der Waals surface area contributed by atoms with Crippen LogP contribution in [0.5, 0.6) is 0 Å². The van der Waals surface area contributed by atoms with Gasteiger partial charge in [0.1, 0.15) is 11.9 Å². The Morgan fingerprint density at radius 2 is 2.09 bits per heavy atom. The number of nitrogens with zero attached hydrogens (tertiary/aromatic N) is 1. The van der Waals surface area contributed by atoms with Crippen molar-refractivity contribution in [1.29, 1.82) is 0 Å². The van der Waals surface area contributed by atoms with Gasteiger partial charge in [-0.1, -0.05) is 6.07 Å². The molecule has 1 aromatic carbocycles. The highest BCUT2D eigenvalue weighted by atomic mass is 16.5. The number of nitrogens with one attached hydrogen (secondary N) is 3. The summed E-state index contributed by atoms with van der Waals surface area (Å²) in [6.45, 7) is 6.13. The molecule has 2 aromatic rings. The molecule has 7 nitrogen and oxygen atoms in total. The lowest BCUT2D eigenvalue weighted by molar-refractivity contribution is -0.122. The number of benzene rings is 1. The number of aromatic nitrogens is 2. The van der Waals surface area contributed by atoms with E-state index in [2.05, 4.69) is 38.3 Å². The lowest BCUT2D eigenvalue weighted by Gasteiger charge is -2.12. The Hall–Kier alpha value is -2.57. The maximum absolute atomic E-state index is 11.8. The molecule has 23 heavy (non-hydrogen) atoms. The Morgan fingerprint density at radius 3 is 2.78 bits per heavy atom. The van der Waals surface area contributed by atoms with Gasteiger partial charge >= 0.3 is 6.09 Å². The van der Waals surface area contributed by atoms with Gasteiger partial charge in [0.15, 0.2) is 0 Å². The monoisotopic (exact) mass is 318 g/mol. The van der Waals surface area contributed by atoms with Crippen molar-refractivity contribution in [2.75, 3.05) is 13.7 Å². The molecule has 0 saturated carbocycles. The van der Waals surface area contributed by atoms with Crippen LogP contribution in [-0.4, -0.2) is 41.7 Å². The van der Waals surface area contributed by atoms with Gasteiger partial charge in [0.25, 0.3) is 0 Å². The Labute approximate surface area is 134 Å². The zero-order valence-electron chi connectivity index (χ0n) is 13.8. The van der Waals surface area contributed by atoms with Crippen LogP contribution in [-0.2, 0) is 16.0 Å². The summed E-state index contributed by atoms with van der Waals surface area (Å²) in [5.74, 6) is 0.557. The summed E-state index contributed by atoms with van der Waals surface area (Å²) in [6.07, 6.45) is -0.0418. The Kier molecular flexibility index (Phi) is 5.20. The van der Waals surface area contributed by atoms with E-state index < -0.39 is 12.1 Å². The van der Waals surface area contributed by atoms with E-state index in [1.807, 2.05) is 13.0 Å². The molecular formula is C16H22N4O3. The molecule has 0 bridgehead atoms. The van der Waals surface area contributed by atoms with Crippen molar-refractivity contribution < 1.29 is 14.3 Å². The number of imidazole rings is 1. The maximum Gasteiger partial charge on any atom is 0.407 e. The molecule has 0 aliphatic heterocycles. The van der Waals surface area contributed by atoms with Gasteiger partial charge in [-0.3, -0.25) is 4.79 Å². The van der Waals surface area contributed by atoms with E-state index in [-0.39, 0.29) is 5.91 Å². The minimum Gasteiger partial charge on any atom is -0.453 e. The topological polar surface area (TPSA) is 96.1 Å². The van der Waals surface area contributed by atoms with E-state index >= 15 is 0 Å². The van der Waals surface area contributed by atoms with Crippen LogP contribution in [0.4, 0.5) is 4.79 Å². The average molecular weight is 318 g/mol. The summed E-state index contributed by atoms with van der Waals surface area (Å²) in [4.78, 5) is 30.7. The van der Waals surface area contributed by atoms with Crippen molar-refractivity contribution >= 4 is 23.0 Å². The molecule has 0 aliphatic rings. The fraction of sp³-hybridized carbons (Fsp3) is 0.438. The van der Waals surface area contributed by atoms with Crippen LogP contribution in [0.1, 0.15) is 23.9 Å². The number of aromatic amines is 1. The fourth-order valence-corrected chi connectivity index (χ4v) is 2.24. The van der Waals surface area contributed by atoms with Gasteiger partial charge in [0.2, 0.25) is 5.91 Å². The van der Waals surface area contributed by atoms with E-state index in [0.29, 0.717) is 13.0 Å². The molecule has 0 aliphatic carbocycles. The van der Waals surface area contributed by atoms with Crippen molar-refractivity contribution in [1.82, 2.24) is 20.6 Å². The predicted molar refractivity (Wildman–Crippen MR) is 87.3 cm³/mol. The number of methoxy groups -OCH3 is 1. The number of aryl methyl sites for hydroxylation is 2. The minimum absolute atomic E-state index is 0.265. The molecule has 0 radical (unpaired) electrons. The van der Waals surface area contributed by atoms with Crippen molar-refractivity contribution in [2.45, 2.75) is 33.2 Å². The van der Waals surface area contributed by atoms with Crippen LogP contribution in [0.2, 0.25) is 0 Å². The largest absolute Gasteiger partial charge is 0.453 e. The van der Waals surface area contributed by atoms with Crippen molar-refractivity contribution in [2.24, 2.45) is 0 Å². The van der Waals surface area contributed by atoms with E-state index in [4.69, 9.17) is 0 Å². The zero-order chi connectivity index (χ0) is 17.0. The Balaban J connectivity index is 1.90. The minimum atomic E-state index is -0.650. The number of H-pyrrole nitrogens is 1. The summed E-state index contributed by atoms with van der Waals surface area (Å²) in [6, 6.07) is 3.42. The van der Waals surface area contributed by atoms with E-state index in [1.54, 1.807) is 6.92 Å². The highest BCUT2D eigenvalue weighted by Gasteiger charge is 2.15. The summed E-state index contributed by atoms with van der Waals surface area (Å²) in [7, 11) is 1.26. The third kappa shape index (κ3) is 4.00. The van der Waals surface area contributed by atoms with Gasteiger partial charge in [0, 0.05) is 13.0 Å². The number of alkyl carbamates (subject to hydrolysis) is 1. The first-order valence-electron chi connectivity index (χ1n) is 7.49. The number of rotatable bonds is 5. The van der Waals surface area contributed by atoms with Crippen LogP contribution in [0, 0.1) is 13.8 Å². The Bertz CT molecular complexity index is 723. The number of carbonyl (C=O) groups is 2. The fourth-order valence-electron chi connectivity index (χ4n) is 2.24. The molecule has 7 heteroatoms. The van der Waals surface area contributed by atoms with Crippen molar-refractivity contribution in [3.8, 4) is 0 Å². The number of amides is 2. The molecule has 2 rings (SSSR count). The smallest absolute Gasteiger partial charge is 0.407 e. The second-order valence-electron chi connectivity index (χ2n) is 5.49. The third-order valence-electron chi connectivity index (χ3n) is 3.80. The van der Waals surface area contributed by atoms with E-state index in [1.165, 1.54) is 12.7 Å². The van der Waals surface area contributed by atoms with E-state index in [0.717, 1.165) is 22.4 Å². The summed E-state index contributed by atoms with van der Waals surface area (Å²) in [5, 5.41) is 5.18. The van der Waals surface area contributed by atoms with Crippen LogP contribution < -0.4 is 10.6 Å². The summed E-state index contributed by atoms with van der Waals surface area (Å²) < 4.78 is 4.45. The van der Waals surface area contributed by atoms with Crippen molar-refractivity contribution in [3.05, 3.63) is 29.1 Å². The van der Waals surface area contributed by atoms with Crippen molar-refractivity contribution in [3.63, 3.8) is 0 Å². The molecule has 124 valence electrons. The van der Waals surface area contributed by atoms with Gasteiger partial charge in [0.05, 0.1) is 18.1 Å². The summed E-state index contributed by atoms with van der Waals surface area (Å²) >= 11 is 0. The molecule has 1 aromatic heterocycles. The van der Waals surface area contributed by atoms with Crippen LogP contribution in [0.15, 0.2) is 12.1 Å². The third-order valence-corrected chi connectivity index (χ3v) is 3.80. The lowest BCUT2D eigenvalue weighted by atomic mass is 10.1. The SMILES string of the molecule is COC(=O)N[C@H](C)C(=O)NCCc1nc2c(C)c(C)ccc2[nH]1. The molecule has 0 spiro atoms. The van der Waals surface area contributed by atoms with Gasteiger partial charge < -0.3 is 20.4 Å². The number of hydrogen-bond acceptors (Lipinski definition) is 4. The normalized spacial score (nSPS) is 12.0. The quantitative estimate of drug-likeness (QED) is 0.780. The predicted octanol–water partition coefficient (Wildman–Crippen LogP) is 1.58. The molecule has 2 amide bonds. The van der Waals surface area contributed by atoms with Gasteiger partial charge in [-0.15, -0.1) is 0 Å². The molecule has 1 atom stereocenters. The molecule has 0 fully saturated rings. The zero-order valence-corrected chi connectivity index (χ0v) is 13.8. The van der Waals surface area contributed by atoms with Gasteiger partial charge in [-0.05, 0) is 38.0 Å².